The van der Waals surface area contributed by atoms with E-state index in [4.69, 9.17) is 15.0 Å². The molecule has 2 amide bonds. The molecule has 2 aromatic rings. The number of nitrogens with zero attached hydrogens (tertiary/aromatic N) is 3. The van der Waals surface area contributed by atoms with E-state index in [2.05, 4.69) is 15.5 Å². The molecule has 4 heterocycles. The first-order chi connectivity index (χ1) is 15.3. The van der Waals surface area contributed by atoms with E-state index in [9.17, 15) is 19.5 Å². The number of carboxylic acid groups (broad SMARTS) is 1. The number of oxime groups is 1. The molecule has 33 heavy (non-hydrogen) atoms. The topological polar surface area (TPSA) is 160 Å². The van der Waals surface area contributed by atoms with Crippen molar-refractivity contribution in [1.82, 2.24) is 15.2 Å². The molecule has 2 aromatic heterocycles. The number of β-lactam (4-membered cyclic amide) rings is 1. The van der Waals surface area contributed by atoms with Crippen molar-refractivity contribution >= 4 is 57.8 Å². The molecule has 11 nitrogen and oxygen atoms in total. The van der Waals surface area contributed by atoms with Crippen molar-refractivity contribution < 1.29 is 59.7 Å². The summed E-state index contributed by atoms with van der Waals surface area (Å²) in [6, 6.07) is 2.60. The maximum atomic E-state index is 12.8. The summed E-state index contributed by atoms with van der Waals surface area (Å²) in [4.78, 5) is 47.8. The maximum absolute atomic E-state index is 12.8. The Hall–Kier alpha value is -2.32. The molecule has 0 aliphatic carbocycles. The molecule has 4 rings (SSSR count). The molecule has 4 N–H and O–H groups in total. The van der Waals surface area contributed by atoms with E-state index in [0.717, 1.165) is 11.3 Å². The van der Waals surface area contributed by atoms with Gasteiger partial charge in [0.05, 0.1) is 6.26 Å². The molecule has 0 spiro atoms. The van der Waals surface area contributed by atoms with Crippen molar-refractivity contribution in [3.8, 4) is 0 Å². The number of anilines is 1. The van der Waals surface area contributed by atoms with Gasteiger partial charge in [-0.3, -0.25) is 14.4 Å². The van der Waals surface area contributed by atoms with Gasteiger partial charge in [-0.05, 0) is 18.2 Å². The molecule has 0 bridgehead atoms. The van der Waals surface area contributed by atoms with Crippen LogP contribution in [0.3, 0.4) is 0 Å². The number of hydrogen-bond acceptors (Lipinski definition) is 10. The molecule has 2 aliphatic heterocycles. The molecular formula is C19H20N5NaO6S2. The van der Waals surface area contributed by atoms with Crippen molar-refractivity contribution in [3.05, 3.63) is 41.3 Å². The van der Waals surface area contributed by atoms with Crippen molar-refractivity contribution in [2.24, 2.45) is 10.6 Å². The summed E-state index contributed by atoms with van der Waals surface area (Å²) < 4.78 is 5.23. The Balaban J connectivity index is 0.00000204. The second kappa shape index (κ2) is 10.3. The number of carboxylic acids is 1. The van der Waals surface area contributed by atoms with E-state index >= 15 is 0 Å². The van der Waals surface area contributed by atoms with Crippen molar-refractivity contribution in [2.45, 2.75) is 11.4 Å². The molecule has 3 atom stereocenters. The number of hydrogen-bond donors (Lipinski definition) is 3. The Morgan fingerprint density at radius 3 is 2.94 bits per heavy atom. The Morgan fingerprint density at radius 1 is 1.55 bits per heavy atom. The third kappa shape index (κ3) is 4.96. The number of nitrogen functional groups attached to an aromatic ring is 1. The molecule has 2 aliphatic rings. The predicted molar refractivity (Wildman–Crippen MR) is 119 cm³/mol. The fourth-order valence-corrected chi connectivity index (χ4v) is 5.49. The summed E-state index contributed by atoms with van der Waals surface area (Å²) in [6.07, 6.45) is 4.63. The second-order valence-electron chi connectivity index (χ2n) is 7.12. The zero-order valence-electron chi connectivity index (χ0n) is 18.8. The minimum Gasteiger partial charge on any atom is -1.00 e. The number of fused-ring (bicyclic) bond motifs is 1. The minimum atomic E-state index is -1.26. The molecular weight excluding hydrogens is 481 g/mol. The first-order valence-corrected chi connectivity index (χ1v) is 11.3. The summed E-state index contributed by atoms with van der Waals surface area (Å²) in [7, 11) is 1.29. The van der Waals surface area contributed by atoms with Gasteiger partial charge in [0.2, 0.25) is 5.91 Å². The molecule has 0 radical (unpaired) electrons. The summed E-state index contributed by atoms with van der Waals surface area (Å²) in [5.74, 6) is -1.31. The number of thioether (sulfide) groups is 1. The number of nitrogens with one attached hydrogen (secondary N) is 1. The zero-order valence-corrected chi connectivity index (χ0v) is 21.4. The summed E-state index contributed by atoms with van der Waals surface area (Å²) in [5, 5.41) is 17.6. The standard InChI is InChI=1S/C19H19N5O6S2.Na.H/c1-29-23-12(11-7-31-18(20)21-11)14(25)22-13-15(26)24-8-19(17(27)28,9-32-16(13)24)5-4-10-3-2-6-30-10;;/h2-7,13,16H,8-9H2,1H3,(H2,20,21)(H,22,25)(H,27,28);;/q;+1;-1/t13?,16-,19?;;/m1../s1. The van der Waals surface area contributed by atoms with Crippen LogP contribution >= 0.6 is 23.1 Å². The number of aliphatic carboxylic acids is 1. The number of furan rings is 1. The van der Waals surface area contributed by atoms with Gasteiger partial charge in [-0.2, -0.15) is 0 Å². The predicted octanol–water partition coefficient (Wildman–Crippen LogP) is -2.03. The van der Waals surface area contributed by atoms with Gasteiger partial charge in [-0.1, -0.05) is 11.2 Å². The van der Waals surface area contributed by atoms with Gasteiger partial charge in [0, 0.05) is 17.7 Å². The second-order valence-corrected chi connectivity index (χ2v) is 9.12. The quantitative estimate of drug-likeness (QED) is 0.168. The van der Waals surface area contributed by atoms with E-state index in [0.29, 0.717) is 5.76 Å². The number of carbonyl (C=O) groups is 3. The first kappa shape index (κ1) is 25.3. The minimum absolute atomic E-state index is 0. The van der Waals surface area contributed by atoms with Gasteiger partial charge in [0.15, 0.2) is 10.8 Å². The SMILES string of the molecule is CON=C(C(=O)NC1C(=O)N2CC(C=Cc3ccco3)(C(=O)O)CS[C@H]12)c1csc(N)n1.[H-].[Na+]. The van der Waals surface area contributed by atoms with Crippen LogP contribution in [0.4, 0.5) is 5.13 Å². The van der Waals surface area contributed by atoms with Crippen LogP contribution in [-0.2, 0) is 19.2 Å². The van der Waals surface area contributed by atoms with Crippen LogP contribution in [-0.4, -0.2) is 69.3 Å². The van der Waals surface area contributed by atoms with Crippen molar-refractivity contribution in [1.29, 1.82) is 0 Å². The smallest absolute Gasteiger partial charge is 1.00 e. The molecule has 0 aromatic carbocycles. The van der Waals surface area contributed by atoms with E-state index in [1.807, 2.05) is 0 Å². The van der Waals surface area contributed by atoms with Crippen LogP contribution < -0.4 is 40.6 Å². The summed E-state index contributed by atoms with van der Waals surface area (Å²) in [6.45, 7) is -0.00987. The number of carbonyl (C=O) groups excluding carboxylic acids is 2. The molecule has 2 fully saturated rings. The largest absolute Gasteiger partial charge is 1.00 e. The van der Waals surface area contributed by atoms with Crippen molar-refractivity contribution in [2.75, 3.05) is 25.1 Å². The zero-order chi connectivity index (χ0) is 22.9. The number of amides is 2. The third-order valence-corrected chi connectivity index (χ3v) is 7.31. The van der Waals surface area contributed by atoms with E-state index in [1.54, 1.807) is 29.7 Å². The van der Waals surface area contributed by atoms with Crippen LogP contribution in [0.5, 0.6) is 0 Å². The Kier molecular flexibility index (Phi) is 7.90. The first-order valence-electron chi connectivity index (χ1n) is 9.36. The van der Waals surface area contributed by atoms with Gasteiger partial charge in [-0.25, -0.2) is 4.98 Å². The van der Waals surface area contributed by atoms with Gasteiger partial charge in [0.25, 0.3) is 5.91 Å². The van der Waals surface area contributed by atoms with Gasteiger partial charge < -0.3 is 31.7 Å². The number of nitrogens with two attached hydrogens (primary N) is 1. The van der Waals surface area contributed by atoms with Crippen LogP contribution in [0, 0.1) is 5.41 Å². The monoisotopic (exact) mass is 501 g/mol. The van der Waals surface area contributed by atoms with E-state index in [1.165, 1.54) is 30.0 Å². The van der Waals surface area contributed by atoms with Crippen LogP contribution in [0.2, 0.25) is 0 Å². The van der Waals surface area contributed by atoms with E-state index in [-0.39, 0.29) is 71.1 Å². The van der Waals surface area contributed by atoms with Gasteiger partial charge >= 0.3 is 35.5 Å². The number of rotatable bonds is 7. The molecule has 2 saturated heterocycles. The normalized spacial score (nSPS) is 24.6. The Labute approximate surface area is 220 Å². The molecule has 0 saturated carbocycles. The number of aromatic nitrogens is 1. The Bertz CT molecular complexity index is 1110. The summed E-state index contributed by atoms with van der Waals surface area (Å²) >= 11 is 2.43. The Morgan fingerprint density at radius 2 is 2.33 bits per heavy atom. The van der Waals surface area contributed by atoms with Crippen molar-refractivity contribution in [3.63, 3.8) is 0 Å². The van der Waals surface area contributed by atoms with E-state index < -0.39 is 23.3 Å². The molecule has 2 unspecified atom stereocenters. The average molecular weight is 502 g/mol. The fourth-order valence-electron chi connectivity index (χ4n) is 3.43. The summed E-state index contributed by atoms with van der Waals surface area (Å²) in [5.41, 5.74) is 4.49. The van der Waals surface area contributed by atoms with Gasteiger partial charge in [-0.15, -0.1) is 23.1 Å². The third-order valence-electron chi connectivity index (χ3n) is 5.09. The molecule has 14 heteroatoms. The molecule has 170 valence electrons. The van der Waals surface area contributed by atoms with Gasteiger partial charge in [0.1, 0.15) is 35.4 Å². The fraction of sp³-hybridized carbons (Fsp3) is 0.316. The number of thiazole rings is 1. The van der Waals surface area contributed by atoms with Crippen LogP contribution in [0.15, 0.2) is 39.4 Å². The van der Waals surface area contributed by atoms with Crippen LogP contribution in [0.1, 0.15) is 12.9 Å². The maximum Gasteiger partial charge on any atom is 1.00 e. The van der Waals surface area contributed by atoms with Crippen LogP contribution in [0.25, 0.3) is 6.08 Å². The average Bonchev–Trinajstić information content (AvgIpc) is 3.45.